The van der Waals surface area contributed by atoms with E-state index < -0.39 is 0 Å². The highest BCUT2D eigenvalue weighted by atomic mass is 14.6. The molecule has 0 bridgehead atoms. The van der Waals surface area contributed by atoms with Crippen molar-refractivity contribution in [2.24, 2.45) is 5.73 Å². The molecular formula is C9H25N. The van der Waals surface area contributed by atoms with E-state index in [-0.39, 0.29) is 7.43 Å². The summed E-state index contributed by atoms with van der Waals surface area (Å²) in [6, 6.07) is 0.449. The lowest BCUT2D eigenvalue weighted by Crippen LogP contribution is -2.17. The molecule has 0 aliphatic rings. The smallest absolute Gasteiger partial charge is 0.00361 e. The molecular weight excluding hydrogens is 122 g/mol. The van der Waals surface area contributed by atoms with Crippen molar-refractivity contribution in [1.29, 1.82) is 0 Å². The Morgan fingerprint density at radius 2 is 1.60 bits per heavy atom. The Kier molecular flexibility index (Phi) is 26.4. The number of nitrogens with two attached hydrogens (primary N) is 1. The molecule has 0 rings (SSSR count). The molecule has 0 saturated carbocycles. The minimum absolute atomic E-state index is 0. The molecule has 0 radical (unpaired) electrons. The molecule has 1 heteroatoms. The predicted octanol–water partition coefficient (Wildman–Crippen LogP) is 3.19. The molecule has 0 amide bonds. The van der Waals surface area contributed by atoms with Gasteiger partial charge < -0.3 is 5.73 Å². The van der Waals surface area contributed by atoms with E-state index in [4.69, 9.17) is 5.73 Å². The second kappa shape index (κ2) is 16.0. The summed E-state index contributed by atoms with van der Waals surface area (Å²) in [5.41, 5.74) is 5.58. The van der Waals surface area contributed by atoms with Crippen LogP contribution in [-0.2, 0) is 0 Å². The van der Waals surface area contributed by atoms with Gasteiger partial charge in [0.05, 0.1) is 0 Å². The average molecular weight is 147 g/mol. The quantitative estimate of drug-likeness (QED) is 0.652. The Morgan fingerprint density at radius 1 is 1.20 bits per heavy atom. The molecule has 0 aromatic heterocycles. The minimum atomic E-state index is 0. The van der Waals surface area contributed by atoms with Gasteiger partial charge in [-0.3, -0.25) is 0 Å². The van der Waals surface area contributed by atoms with E-state index in [2.05, 4.69) is 13.8 Å². The first-order chi connectivity index (χ1) is 4.31. The van der Waals surface area contributed by atoms with Gasteiger partial charge in [-0.1, -0.05) is 41.5 Å². The molecule has 0 aliphatic heterocycles. The third kappa shape index (κ3) is 15.7. The molecule has 1 atom stereocenters. The van der Waals surface area contributed by atoms with Crippen molar-refractivity contribution in [3.8, 4) is 0 Å². The number of rotatable bonds is 3. The van der Waals surface area contributed by atoms with Crippen LogP contribution in [0.2, 0.25) is 0 Å². The Morgan fingerprint density at radius 3 is 1.70 bits per heavy atom. The van der Waals surface area contributed by atoms with Crippen LogP contribution in [0.5, 0.6) is 0 Å². The van der Waals surface area contributed by atoms with E-state index in [1.54, 1.807) is 0 Å². The minimum Gasteiger partial charge on any atom is -0.328 e. The highest BCUT2D eigenvalue weighted by Crippen LogP contribution is 1.95. The molecule has 0 heterocycles. The topological polar surface area (TPSA) is 26.0 Å². The lowest BCUT2D eigenvalue weighted by Gasteiger charge is -2.03. The Balaban J connectivity index is -0.000000149. The summed E-state index contributed by atoms with van der Waals surface area (Å²) < 4.78 is 0. The van der Waals surface area contributed by atoms with E-state index in [9.17, 15) is 0 Å². The molecule has 0 spiro atoms. The van der Waals surface area contributed by atoms with Gasteiger partial charge in [-0.25, -0.2) is 0 Å². The molecule has 1 nitrogen and oxygen atoms in total. The fourth-order valence-electron chi connectivity index (χ4n) is 0.575. The Bertz CT molecular complexity index is 35.7. The van der Waals surface area contributed by atoms with Crippen molar-refractivity contribution in [2.75, 3.05) is 0 Å². The number of hydrogen-bond donors (Lipinski definition) is 1. The van der Waals surface area contributed by atoms with Crippen molar-refractivity contribution in [1.82, 2.24) is 0 Å². The van der Waals surface area contributed by atoms with Crippen LogP contribution >= 0.6 is 0 Å². The van der Waals surface area contributed by atoms with Crippen LogP contribution in [0.3, 0.4) is 0 Å². The molecule has 1 unspecified atom stereocenters. The molecule has 0 aromatic rings. The molecule has 0 aliphatic carbocycles. The predicted molar refractivity (Wildman–Crippen MR) is 51.3 cm³/mol. The standard InChI is InChI=1S/C6H15N.C2H6.CH4/c1-3-5-6(7)4-2;1-2;/h6H,3-5,7H2,1-2H3;1-2H3;1H4. The van der Waals surface area contributed by atoms with Crippen molar-refractivity contribution in [2.45, 2.75) is 60.4 Å². The van der Waals surface area contributed by atoms with Crippen LogP contribution in [0, 0.1) is 0 Å². The van der Waals surface area contributed by atoms with E-state index in [1.807, 2.05) is 13.8 Å². The summed E-state index contributed by atoms with van der Waals surface area (Å²) in [4.78, 5) is 0. The summed E-state index contributed by atoms with van der Waals surface area (Å²) in [6.07, 6.45) is 3.51. The monoisotopic (exact) mass is 147 g/mol. The third-order valence-corrected chi connectivity index (χ3v) is 1.18. The second-order valence-corrected chi connectivity index (χ2v) is 1.96. The van der Waals surface area contributed by atoms with Crippen LogP contribution in [0.25, 0.3) is 0 Å². The van der Waals surface area contributed by atoms with Gasteiger partial charge >= 0.3 is 0 Å². The molecule has 66 valence electrons. The van der Waals surface area contributed by atoms with Gasteiger partial charge in [0.2, 0.25) is 0 Å². The maximum absolute atomic E-state index is 5.58. The van der Waals surface area contributed by atoms with E-state index in [0.717, 1.165) is 6.42 Å². The highest BCUT2D eigenvalue weighted by Gasteiger charge is 1.92. The van der Waals surface area contributed by atoms with Crippen LogP contribution in [0.15, 0.2) is 0 Å². The lowest BCUT2D eigenvalue weighted by molar-refractivity contribution is 0.587. The summed E-state index contributed by atoms with van der Waals surface area (Å²) in [5.74, 6) is 0. The van der Waals surface area contributed by atoms with Gasteiger partial charge in [0.25, 0.3) is 0 Å². The van der Waals surface area contributed by atoms with E-state index in [0.29, 0.717) is 6.04 Å². The van der Waals surface area contributed by atoms with Crippen molar-refractivity contribution >= 4 is 0 Å². The van der Waals surface area contributed by atoms with Gasteiger partial charge in [-0.15, -0.1) is 0 Å². The van der Waals surface area contributed by atoms with E-state index in [1.165, 1.54) is 12.8 Å². The molecule has 0 fully saturated rings. The summed E-state index contributed by atoms with van der Waals surface area (Å²) >= 11 is 0. The van der Waals surface area contributed by atoms with E-state index >= 15 is 0 Å². The summed E-state index contributed by atoms with van der Waals surface area (Å²) in [6.45, 7) is 8.29. The first-order valence-electron chi connectivity index (χ1n) is 4.06. The first-order valence-corrected chi connectivity index (χ1v) is 4.06. The van der Waals surface area contributed by atoms with Crippen molar-refractivity contribution in [3.63, 3.8) is 0 Å². The maximum Gasteiger partial charge on any atom is 0.00361 e. The van der Waals surface area contributed by atoms with Gasteiger partial charge in [0, 0.05) is 6.04 Å². The zero-order chi connectivity index (χ0) is 7.70. The molecule has 2 N–H and O–H groups in total. The lowest BCUT2D eigenvalue weighted by atomic mass is 10.1. The number of hydrogen-bond acceptors (Lipinski definition) is 1. The zero-order valence-corrected chi connectivity index (χ0v) is 7.28. The van der Waals surface area contributed by atoms with Crippen LogP contribution in [0.1, 0.15) is 54.4 Å². The van der Waals surface area contributed by atoms with Gasteiger partial charge in [0.1, 0.15) is 0 Å². The Labute approximate surface area is 67.0 Å². The summed E-state index contributed by atoms with van der Waals surface area (Å²) in [5, 5.41) is 0. The third-order valence-electron chi connectivity index (χ3n) is 1.18. The van der Waals surface area contributed by atoms with Crippen LogP contribution in [-0.4, -0.2) is 6.04 Å². The van der Waals surface area contributed by atoms with Gasteiger partial charge in [-0.05, 0) is 12.8 Å². The maximum atomic E-state index is 5.58. The van der Waals surface area contributed by atoms with Crippen LogP contribution < -0.4 is 5.73 Å². The zero-order valence-electron chi connectivity index (χ0n) is 7.28. The van der Waals surface area contributed by atoms with Gasteiger partial charge in [0.15, 0.2) is 0 Å². The SMILES string of the molecule is C.CC.CCCC(N)CC. The van der Waals surface area contributed by atoms with Crippen molar-refractivity contribution < 1.29 is 0 Å². The second-order valence-electron chi connectivity index (χ2n) is 1.96. The first kappa shape index (κ1) is 16.5. The van der Waals surface area contributed by atoms with Crippen LogP contribution in [0.4, 0.5) is 0 Å². The average Bonchev–Trinajstić information content (AvgIpc) is 1.93. The molecule has 10 heavy (non-hydrogen) atoms. The van der Waals surface area contributed by atoms with Crippen molar-refractivity contribution in [3.05, 3.63) is 0 Å². The largest absolute Gasteiger partial charge is 0.328 e. The molecule has 0 saturated heterocycles. The Hall–Kier alpha value is -0.0400. The fourth-order valence-corrected chi connectivity index (χ4v) is 0.575. The highest BCUT2D eigenvalue weighted by molar-refractivity contribution is 4.54. The summed E-state index contributed by atoms with van der Waals surface area (Å²) in [7, 11) is 0. The molecule has 0 aromatic carbocycles. The normalized spacial score (nSPS) is 10.5. The van der Waals surface area contributed by atoms with Gasteiger partial charge in [-0.2, -0.15) is 0 Å². The fraction of sp³-hybridized carbons (Fsp3) is 1.00.